The van der Waals surface area contributed by atoms with Gasteiger partial charge in [-0.25, -0.2) is 13.2 Å². The van der Waals surface area contributed by atoms with E-state index in [1.165, 1.54) is 6.20 Å². The van der Waals surface area contributed by atoms with Gasteiger partial charge in [-0.15, -0.1) is 0 Å². The summed E-state index contributed by atoms with van der Waals surface area (Å²) in [7, 11) is -3.49. The van der Waals surface area contributed by atoms with E-state index < -0.39 is 32.7 Å². The number of nitrogens with zero attached hydrogens (tertiary/aromatic N) is 1. The third kappa shape index (κ3) is 5.85. The van der Waals surface area contributed by atoms with Crippen LogP contribution in [0.2, 0.25) is 0 Å². The van der Waals surface area contributed by atoms with Crippen molar-refractivity contribution < 1.29 is 22.7 Å². The summed E-state index contributed by atoms with van der Waals surface area (Å²) in [6.07, 6.45) is 3.11. The van der Waals surface area contributed by atoms with Crippen molar-refractivity contribution in [2.45, 2.75) is 68.2 Å². The number of carbonyl (C=O) groups is 2. The molecule has 1 fully saturated rings. The summed E-state index contributed by atoms with van der Waals surface area (Å²) in [5.74, 6) is -0.622. The van der Waals surface area contributed by atoms with Crippen LogP contribution in [0.15, 0.2) is 47.5 Å². The van der Waals surface area contributed by atoms with Crippen LogP contribution in [0.1, 0.15) is 56.9 Å². The summed E-state index contributed by atoms with van der Waals surface area (Å²) >= 11 is 0. The Hall–Kier alpha value is -2.94. The maximum absolute atomic E-state index is 13.1. The second-order valence-electron chi connectivity index (χ2n) is 8.98. The molecule has 0 unspecified atom stereocenters. The number of amides is 2. The molecule has 3 N–H and O–H groups in total. The highest BCUT2D eigenvalue weighted by molar-refractivity contribution is 7.92. The fourth-order valence-electron chi connectivity index (χ4n) is 3.77. The van der Waals surface area contributed by atoms with Gasteiger partial charge in [0, 0.05) is 12.2 Å². The van der Waals surface area contributed by atoms with E-state index in [1.54, 1.807) is 57.2 Å². The molecule has 0 saturated heterocycles. The minimum atomic E-state index is -3.49. The number of pyridine rings is 1. The first-order valence-corrected chi connectivity index (χ1v) is 12.1. The highest BCUT2D eigenvalue weighted by Crippen LogP contribution is 2.30. The second-order valence-corrected chi connectivity index (χ2v) is 11.2. The Morgan fingerprint density at radius 2 is 1.66 bits per heavy atom. The SMILES string of the molecule is CC(C)(C)OC(=O)N[C@H]1CC[C@H](S(=O)(=O)c2ccc(-c3ccnc(C(N)=O)c3)cc2)CC1. The predicted octanol–water partition coefficient (Wildman–Crippen LogP) is 3.46. The van der Waals surface area contributed by atoms with Crippen LogP contribution in [0.4, 0.5) is 4.79 Å². The molecule has 1 saturated carbocycles. The van der Waals surface area contributed by atoms with Gasteiger partial charge in [-0.1, -0.05) is 12.1 Å². The molecule has 32 heavy (non-hydrogen) atoms. The Morgan fingerprint density at radius 3 is 2.22 bits per heavy atom. The minimum absolute atomic E-state index is 0.0928. The van der Waals surface area contributed by atoms with Crippen molar-refractivity contribution in [3.8, 4) is 11.1 Å². The number of sulfone groups is 1. The summed E-state index contributed by atoms with van der Waals surface area (Å²) in [6, 6.07) is 9.80. The van der Waals surface area contributed by atoms with E-state index in [4.69, 9.17) is 10.5 Å². The number of hydrogen-bond donors (Lipinski definition) is 2. The van der Waals surface area contributed by atoms with Crippen LogP contribution >= 0.6 is 0 Å². The van der Waals surface area contributed by atoms with Crippen LogP contribution in [-0.4, -0.2) is 42.3 Å². The van der Waals surface area contributed by atoms with Crippen LogP contribution in [0.3, 0.4) is 0 Å². The van der Waals surface area contributed by atoms with Gasteiger partial charge >= 0.3 is 6.09 Å². The summed E-state index contributed by atoms with van der Waals surface area (Å²) < 4.78 is 31.5. The van der Waals surface area contributed by atoms with Gasteiger partial charge in [-0.2, -0.15) is 0 Å². The van der Waals surface area contributed by atoms with E-state index in [2.05, 4.69) is 10.3 Å². The number of carbonyl (C=O) groups excluding carboxylic acids is 2. The Labute approximate surface area is 188 Å². The Morgan fingerprint density at radius 1 is 1.03 bits per heavy atom. The highest BCUT2D eigenvalue weighted by atomic mass is 32.2. The first kappa shape index (κ1) is 23.7. The van der Waals surface area contributed by atoms with Crippen molar-refractivity contribution in [1.82, 2.24) is 10.3 Å². The summed E-state index contributed by atoms with van der Waals surface area (Å²) in [5, 5.41) is 2.34. The van der Waals surface area contributed by atoms with Crippen molar-refractivity contribution in [2.75, 3.05) is 0 Å². The van der Waals surface area contributed by atoms with Crippen molar-refractivity contribution in [3.63, 3.8) is 0 Å². The van der Waals surface area contributed by atoms with E-state index >= 15 is 0 Å². The van der Waals surface area contributed by atoms with Gasteiger partial charge < -0.3 is 15.8 Å². The topological polar surface area (TPSA) is 128 Å². The Balaban J connectivity index is 1.64. The molecule has 1 aromatic heterocycles. The molecular formula is C23H29N3O5S. The molecule has 1 heterocycles. The van der Waals surface area contributed by atoms with Gasteiger partial charge in [0.15, 0.2) is 9.84 Å². The van der Waals surface area contributed by atoms with Gasteiger partial charge in [0.05, 0.1) is 10.1 Å². The van der Waals surface area contributed by atoms with E-state index in [0.717, 1.165) is 11.1 Å². The number of nitrogens with two attached hydrogens (primary N) is 1. The average Bonchev–Trinajstić information content (AvgIpc) is 2.73. The fourth-order valence-corrected chi connectivity index (χ4v) is 5.56. The van der Waals surface area contributed by atoms with Crippen LogP contribution < -0.4 is 11.1 Å². The Kier molecular flexibility index (Phi) is 6.88. The summed E-state index contributed by atoms with van der Waals surface area (Å²) in [5.41, 5.74) is 6.34. The highest BCUT2D eigenvalue weighted by Gasteiger charge is 2.33. The van der Waals surface area contributed by atoms with E-state index in [9.17, 15) is 18.0 Å². The summed E-state index contributed by atoms with van der Waals surface area (Å²) in [6.45, 7) is 5.39. The molecule has 8 nitrogen and oxygen atoms in total. The number of hydrogen-bond acceptors (Lipinski definition) is 6. The monoisotopic (exact) mass is 459 g/mol. The molecule has 0 atom stereocenters. The maximum Gasteiger partial charge on any atom is 0.407 e. The zero-order valence-corrected chi connectivity index (χ0v) is 19.3. The van der Waals surface area contributed by atoms with Crippen LogP contribution in [-0.2, 0) is 14.6 Å². The molecule has 0 radical (unpaired) electrons. The lowest BCUT2D eigenvalue weighted by Crippen LogP contribution is -2.42. The molecule has 2 aromatic rings. The molecule has 1 aliphatic rings. The van der Waals surface area contributed by atoms with Crippen molar-refractivity contribution >= 4 is 21.8 Å². The third-order valence-electron chi connectivity index (χ3n) is 5.36. The number of primary amides is 1. The normalized spacial score (nSPS) is 19.2. The van der Waals surface area contributed by atoms with E-state index in [0.29, 0.717) is 25.7 Å². The van der Waals surface area contributed by atoms with Gasteiger partial charge in [0.25, 0.3) is 5.91 Å². The Bertz CT molecular complexity index is 1080. The molecule has 9 heteroatoms. The zero-order valence-electron chi connectivity index (χ0n) is 18.5. The average molecular weight is 460 g/mol. The molecule has 0 bridgehead atoms. The zero-order chi connectivity index (χ0) is 23.5. The predicted molar refractivity (Wildman–Crippen MR) is 121 cm³/mol. The molecule has 0 aliphatic heterocycles. The second kappa shape index (κ2) is 9.28. The van der Waals surface area contributed by atoms with E-state index in [1.807, 2.05) is 0 Å². The smallest absolute Gasteiger partial charge is 0.407 e. The quantitative estimate of drug-likeness (QED) is 0.705. The lowest BCUT2D eigenvalue weighted by atomic mass is 9.95. The molecule has 2 amide bonds. The van der Waals surface area contributed by atoms with Crippen molar-refractivity contribution in [1.29, 1.82) is 0 Å². The van der Waals surface area contributed by atoms with Crippen molar-refractivity contribution in [2.24, 2.45) is 5.73 Å². The molecule has 1 aliphatic carbocycles. The van der Waals surface area contributed by atoms with Gasteiger partial charge in [-0.3, -0.25) is 9.78 Å². The molecule has 3 rings (SSSR count). The van der Waals surface area contributed by atoms with E-state index in [-0.39, 0.29) is 16.6 Å². The maximum atomic E-state index is 13.1. The standard InChI is InChI=1S/C23H29N3O5S/c1-23(2,3)31-22(28)26-17-6-10-19(11-7-17)32(29,30)18-8-4-15(5-9-18)16-12-13-25-20(14-16)21(24)27/h4-5,8-9,12-14,17,19H,6-7,10-11H2,1-3H3,(H2,24,27)(H,26,28)/t17-,19-. The van der Waals surface area contributed by atoms with Gasteiger partial charge in [0.2, 0.25) is 0 Å². The number of aromatic nitrogens is 1. The number of benzene rings is 1. The van der Waals surface area contributed by atoms with Gasteiger partial charge in [-0.05, 0) is 81.8 Å². The number of nitrogens with one attached hydrogen (secondary N) is 1. The number of alkyl carbamates (subject to hydrolysis) is 1. The molecule has 0 spiro atoms. The number of ether oxygens (including phenoxy) is 1. The summed E-state index contributed by atoms with van der Waals surface area (Å²) in [4.78, 5) is 27.5. The van der Waals surface area contributed by atoms with Gasteiger partial charge in [0.1, 0.15) is 11.3 Å². The first-order chi connectivity index (χ1) is 15.0. The van der Waals surface area contributed by atoms with Crippen molar-refractivity contribution in [3.05, 3.63) is 48.3 Å². The van der Waals surface area contributed by atoms with Crippen LogP contribution in [0.5, 0.6) is 0 Å². The van der Waals surface area contributed by atoms with Crippen LogP contribution in [0, 0.1) is 0 Å². The molecule has 1 aromatic carbocycles. The number of rotatable bonds is 5. The largest absolute Gasteiger partial charge is 0.444 e. The molecule has 172 valence electrons. The minimum Gasteiger partial charge on any atom is -0.444 e. The lowest BCUT2D eigenvalue weighted by Gasteiger charge is -2.30. The first-order valence-electron chi connectivity index (χ1n) is 10.6. The fraction of sp³-hybridized carbons (Fsp3) is 0.435. The lowest BCUT2D eigenvalue weighted by molar-refractivity contribution is 0.0493. The molecular weight excluding hydrogens is 430 g/mol. The third-order valence-corrected chi connectivity index (χ3v) is 7.64. The van der Waals surface area contributed by atoms with Crippen LogP contribution in [0.25, 0.3) is 11.1 Å².